The van der Waals surface area contributed by atoms with Crippen LogP contribution in [0.1, 0.15) is 53.5 Å². The zero-order valence-electron chi connectivity index (χ0n) is 18.4. The van der Waals surface area contributed by atoms with E-state index in [0.29, 0.717) is 6.61 Å². The standard InChI is InChI=1S/C22H35NO6/c1-21(2,3)28-19(24)12-13-26-15-18(23-20(25)29-22(4,5)6)16-27-14-17-10-8-7-9-11-17/h7-11,18H,12-16H2,1-6H3,(H,23,25)/t18-/m0/s1. The number of hydrogen-bond acceptors (Lipinski definition) is 6. The molecule has 0 aliphatic carbocycles. The molecule has 7 nitrogen and oxygen atoms in total. The molecule has 1 rings (SSSR count). The van der Waals surface area contributed by atoms with Gasteiger partial charge < -0.3 is 24.3 Å². The third kappa shape index (κ3) is 13.7. The summed E-state index contributed by atoms with van der Waals surface area (Å²) in [6.07, 6.45) is -0.400. The molecule has 164 valence electrons. The Hall–Kier alpha value is -2.12. The summed E-state index contributed by atoms with van der Waals surface area (Å²) in [6.45, 7) is 11.9. The lowest BCUT2D eigenvalue weighted by atomic mass is 10.2. The van der Waals surface area contributed by atoms with Crippen LogP contribution in [0.5, 0.6) is 0 Å². The van der Waals surface area contributed by atoms with Gasteiger partial charge in [-0.3, -0.25) is 4.79 Å². The van der Waals surface area contributed by atoms with Crippen molar-refractivity contribution in [3.8, 4) is 0 Å². The lowest BCUT2D eigenvalue weighted by molar-refractivity contribution is -0.156. The summed E-state index contributed by atoms with van der Waals surface area (Å²) in [5.41, 5.74) is -0.0883. The summed E-state index contributed by atoms with van der Waals surface area (Å²) in [4.78, 5) is 23.8. The second-order valence-corrected chi connectivity index (χ2v) is 8.76. The van der Waals surface area contributed by atoms with Gasteiger partial charge in [0, 0.05) is 0 Å². The van der Waals surface area contributed by atoms with Crippen LogP contribution >= 0.6 is 0 Å². The molecule has 0 heterocycles. The first-order chi connectivity index (χ1) is 13.4. The fourth-order valence-corrected chi connectivity index (χ4v) is 2.27. The third-order valence-corrected chi connectivity index (χ3v) is 3.34. The first-order valence-electron chi connectivity index (χ1n) is 9.85. The fraction of sp³-hybridized carbons (Fsp3) is 0.636. The Kier molecular flexibility index (Phi) is 10.1. The maximum atomic E-state index is 12.1. The molecule has 0 bridgehead atoms. The molecule has 1 aromatic carbocycles. The van der Waals surface area contributed by atoms with Crippen molar-refractivity contribution in [1.82, 2.24) is 5.32 Å². The molecule has 0 saturated carbocycles. The minimum atomic E-state index is -0.600. The van der Waals surface area contributed by atoms with E-state index in [-0.39, 0.29) is 32.2 Å². The van der Waals surface area contributed by atoms with E-state index in [9.17, 15) is 9.59 Å². The number of alkyl carbamates (subject to hydrolysis) is 1. The van der Waals surface area contributed by atoms with Crippen molar-refractivity contribution in [2.75, 3.05) is 19.8 Å². The van der Waals surface area contributed by atoms with E-state index in [0.717, 1.165) is 5.56 Å². The first kappa shape index (κ1) is 24.9. The highest BCUT2D eigenvalue weighted by molar-refractivity contribution is 5.70. The van der Waals surface area contributed by atoms with Crippen LogP contribution in [0.15, 0.2) is 30.3 Å². The highest BCUT2D eigenvalue weighted by atomic mass is 16.6. The zero-order chi connectivity index (χ0) is 21.9. The topological polar surface area (TPSA) is 83.1 Å². The Labute approximate surface area is 174 Å². The summed E-state index contributed by atoms with van der Waals surface area (Å²) >= 11 is 0. The van der Waals surface area contributed by atoms with Crippen LogP contribution in [0, 0.1) is 0 Å². The van der Waals surface area contributed by atoms with Crippen LogP contribution in [0.3, 0.4) is 0 Å². The summed E-state index contributed by atoms with van der Waals surface area (Å²) in [5.74, 6) is -0.325. The summed E-state index contributed by atoms with van der Waals surface area (Å²) < 4.78 is 21.8. The van der Waals surface area contributed by atoms with E-state index in [1.165, 1.54) is 0 Å². The molecule has 0 spiro atoms. The molecule has 0 saturated heterocycles. The Morgan fingerprint density at radius 1 is 0.897 bits per heavy atom. The molecule has 0 aliphatic rings. The van der Waals surface area contributed by atoms with Crippen LogP contribution in [0.25, 0.3) is 0 Å². The molecule has 0 radical (unpaired) electrons. The number of ether oxygens (including phenoxy) is 4. The predicted molar refractivity (Wildman–Crippen MR) is 111 cm³/mol. The largest absolute Gasteiger partial charge is 0.460 e. The predicted octanol–water partition coefficient (Wildman–Crippen LogP) is 3.84. The molecule has 0 aliphatic heterocycles. The number of nitrogens with one attached hydrogen (secondary N) is 1. The van der Waals surface area contributed by atoms with E-state index in [1.807, 2.05) is 51.1 Å². The molecule has 1 atom stereocenters. The van der Waals surface area contributed by atoms with E-state index < -0.39 is 23.3 Å². The van der Waals surface area contributed by atoms with Gasteiger partial charge in [-0.25, -0.2) is 4.79 Å². The average Bonchev–Trinajstić information content (AvgIpc) is 2.56. The normalized spacial score (nSPS) is 12.9. The average molecular weight is 410 g/mol. The van der Waals surface area contributed by atoms with Gasteiger partial charge in [-0.15, -0.1) is 0 Å². The second kappa shape index (κ2) is 11.8. The molecule has 0 unspecified atom stereocenters. The molecule has 1 amide bonds. The lowest BCUT2D eigenvalue weighted by Crippen LogP contribution is -2.44. The molecule has 0 aromatic heterocycles. The monoisotopic (exact) mass is 409 g/mol. The maximum absolute atomic E-state index is 12.1. The van der Waals surface area contributed by atoms with Gasteiger partial charge in [0.15, 0.2) is 0 Å². The van der Waals surface area contributed by atoms with E-state index in [4.69, 9.17) is 18.9 Å². The van der Waals surface area contributed by atoms with Gasteiger partial charge in [0.05, 0.1) is 38.9 Å². The van der Waals surface area contributed by atoms with Crippen molar-refractivity contribution in [2.45, 2.75) is 71.8 Å². The fourth-order valence-electron chi connectivity index (χ4n) is 2.27. The number of rotatable bonds is 10. The number of esters is 1. The van der Waals surface area contributed by atoms with E-state index in [1.54, 1.807) is 20.8 Å². The second-order valence-electron chi connectivity index (χ2n) is 8.76. The molecular formula is C22H35NO6. The molecule has 0 fully saturated rings. The van der Waals surface area contributed by atoms with Crippen LogP contribution < -0.4 is 5.32 Å². The highest BCUT2D eigenvalue weighted by Crippen LogP contribution is 2.09. The molecule has 1 N–H and O–H groups in total. The van der Waals surface area contributed by atoms with Gasteiger partial charge in [0.25, 0.3) is 0 Å². The number of amides is 1. The number of benzene rings is 1. The van der Waals surface area contributed by atoms with Crippen molar-refractivity contribution in [3.05, 3.63) is 35.9 Å². The first-order valence-corrected chi connectivity index (χ1v) is 9.85. The molecular weight excluding hydrogens is 374 g/mol. The van der Waals surface area contributed by atoms with Gasteiger partial charge in [0.2, 0.25) is 0 Å². The highest BCUT2D eigenvalue weighted by Gasteiger charge is 2.20. The SMILES string of the molecule is CC(C)(C)OC(=O)CCOC[C@@H](COCc1ccccc1)NC(=O)OC(C)(C)C. The summed E-state index contributed by atoms with van der Waals surface area (Å²) in [6, 6.07) is 9.34. The van der Waals surface area contributed by atoms with E-state index >= 15 is 0 Å². The Bertz CT molecular complexity index is 618. The van der Waals surface area contributed by atoms with Gasteiger partial charge >= 0.3 is 12.1 Å². The van der Waals surface area contributed by atoms with Crippen LogP contribution in [-0.2, 0) is 30.3 Å². The quantitative estimate of drug-likeness (QED) is 0.467. The maximum Gasteiger partial charge on any atom is 0.408 e. The molecule has 29 heavy (non-hydrogen) atoms. The van der Waals surface area contributed by atoms with Crippen molar-refractivity contribution in [1.29, 1.82) is 0 Å². The summed E-state index contributed by atoms with van der Waals surface area (Å²) in [7, 11) is 0. The Morgan fingerprint density at radius 3 is 2.07 bits per heavy atom. The van der Waals surface area contributed by atoms with Gasteiger partial charge in [-0.05, 0) is 47.1 Å². The van der Waals surface area contributed by atoms with Crippen molar-refractivity contribution in [2.24, 2.45) is 0 Å². The minimum absolute atomic E-state index is 0.140. The Morgan fingerprint density at radius 2 is 1.48 bits per heavy atom. The molecule has 7 heteroatoms. The smallest absolute Gasteiger partial charge is 0.408 e. The van der Waals surface area contributed by atoms with Crippen LogP contribution in [0.4, 0.5) is 4.79 Å². The summed E-state index contributed by atoms with van der Waals surface area (Å²) in [5, 5.41) is 2.76. The number of hydrogen-bond donors (Lipinski definition) is 1. The van der Waals surface area contributed by atoms with Gasteiger partial charge in [-0.1, -0.05) is 30.3 Å². The van der Waals surface area contributed by atoms with Gasteiger partial charge in [0.1, 0.15) is 11.2 Å². The zero-order valence-corrected chi connectivity index (χ0v) is 18.4. The van der Waals surface area contributed by atoms with Gasteiger partial charge in [-0.2, -0.15) is 0 Å². The number of carbonyl (C=O) groups excluding carboxylic acids is 2. The third-order valence-electron chi connectivity index (χ3n) is 3.34. The van der Waals surface area contributed by atoms with E-state index in [2.05, 4.69) is 5.32 Å². The van der Waals surface area contributed by atoms with Crippen molar-refractivity contribution in [3.63, 3.8) is 0 Å². The molecule has 1 aromatic rings. The van der Waals surface area contributed by atoms with Crippen LogP contribution in [-0.4, -0.2) is 49.1 Å². The lowest BCUT2D eigenvalue weighted by Gasteiger charge is -2.24. The van der Waals surface area contributed by atoms with Crippen LogP contribution in [0.2, 0.25) is 0 Å². The Balaban J connectivity index is 2.46. The minimum Gasteiger partial charge on any atom is -0.460 e. The van der Waals surface area contributed by atoms with Crippen molar-refractivity contribution >= 4 is 12.1 Å². The number of carbonyl (C=O) groups is 2. The van der Waals surface area contributed by atoms with Crippen molar-refractivity contribution < 1.29 is 28.5 Å².